The van der Waals surface area contributed by atoms with Gasteiger partial charge in [-0.1, -0.05) is 37.1 Å². The van der Waals surface area contributed by atoms with Crippen LogP contribution in [0.2, 0.25) is 0 Å². The Hall–Kier alpha value is -1.77. The summed E-state index contributed by atoms with van der Waals surface area (Å²) >= 11 is 0. The Labute approximate surface area is 113 Å². The molecule has 3 rings (SSSR count). The molecule has 0 saturated heterocycles. The summed E-state index contributed by atoms with van der Waals surface area (Å²) in [7, 11) is 0. The van der Waals surface area contributed by atoms with Crippen molar-refractivity contribution in [2.24, 2.45) is 5.73 Å². The number of nitrogens with two attached hydrogens (primary N) is 1. The van der Waals surface area contributed by atoms with E-state index in [1.54, 1.807) is 0 Å². The van der Waals surface area contributed by atoms with E-state index in [4.69, 9.17) is 5.73 Å². The molecular weight excluding hydrogens is 236 g/mol. The molecular formula is C16H20N2O. The second kappa shape index (κ2) is 4.41. The topological polar surface area (TPSA) is 55.1 Å². The molecule has 0 unspecified atom stereocenters. The Morgan fingerprint density at radius 1 is 1.42 bits per heavy atom. The second-order valence-corrected chi connectivity index (χ2v) is 5.89. The molecule has 0 aromatic heterocycles. The summed E-state index contributed by atoms with van der Waals surface area (Å²) in [5.74, 6) is 0.137. The van der Waals surface area contributed by atoms with Gasteiger partial charge in [0.1, 0.15) is 0 Å². The van der Waals surface area contributed by atoms with Crippen LogP contribution in [0.25, 0.3) is 5.70 Å². The van der Waals surface area contributed by atoms with E-state index in [1.807, 2.05) is 6.07 Å². The van der Waals surface area contributed by atoms with Gasteiger partial charge in [-0.2, -0.15) is 0 Å². The van der Waals surface area contributed by atoms with E-state index in [0.717, 1.165) is 17.7 Å². The minimum Gasteiger partial charge on any atom is -0.379 e. The fourth-order valence-electron chi connectivity index (χ4n) is 3.66. The predicted molar refractivity (Wildman–Crippen MR) is 76.4 cm³/mol. The predicted octanol–water partition coefficient (Wildman–Crippen LogP) is 2.53. The molecule has 1 aliphatic carbocycles. The molecule has 1 aromatic carbocycles. The molecule has 1 heterocycles. The number of hydrogen-bond donors (Lipinski definition) is 2. The van der Waals surface area contributed by atoms with E-state index in [0.29, 0.717) is 5.92 Å². The summed E-state index contributed by atoms with van der Waals surface area (Å²) in [5, 5.41) is 3.58. The molecule has 1 fully saturated rings. The summed E-state index contributed by atoms with van der Waals surface area (Å²) < 4.78 is 0. The molecule has 1 aromatic rings. The van der Waals surface area contributed by atoms with E-state index >= 15 is 0 Å². The summed E-state index contributed by atoms with van der Waals surface area (Å²) in [4.78, 5) is 11.2. The zero-order valence-electron chi connectivity index (χ0n) is 11.3. The number of rotatable bonds is 1. The van der Waals surface area contributed by atoms with Crippen molar-refractivity contribution in [3.63, 3.8) is 0 Å². The molecule has 1 saturated carbocycles. The number of hydrogen-bond acceptors (Lipinski definition) is 2. The van der Waals surface area contributed by atoms with Crippen LogP contribution in [0.3, 0.4) is 0 Å². The van der Waals surface area contributed by atoms with Gasteiger partial charge >= 0.3 is 0 Å². The molecule has 19 heavy (non-hydrogen) atoms. The van der Waals surface area contributed by atoms with E-state index in [2.05, 4.69) is 30.4 Å². The number of benzene rings is 1. The monoisotopic (exact) mass is 256 g/mol. The largest absolute Gasteiger partial charge is 0.379 e. The van der Waals surface area contributed by atoms with Crippen molar-refractivity contribution in [1.29, 1.82) is 0 Å². The lowest BCUT2D eigenvalue weighted by Crippen LogP contribution is -2.51. The van der Waals surface area contributed by atoms with Gasteiger partial charge in [0.15, 0.2) is 0 Å². The van der Waals surface area contributed by atoms with Crippen LogP contribution in [-0.4, -0.2) is 11.4 Å². The van der Waals surface area contributed by atoms with Crippen LogP contribution in [0.1, 0.15) is 49.7 Å². The fourth-order valence-corrected chi connectivity index (χ4v) is 3.66. The molecule has 3 heteroatoms. The van der Waals surface area contributed by atoms with Crippen LogP contribution < -0.4 is 11.1 Å². The maximum atomic E-state index is 11.2. The third-order valence-corrected chi connectivity index (χ3v) is 4.54. The first-order chi connectivity index (χ1) is 9.10. The summed E-state index contributed by atoms with van der Waals surface area (Å²) in [6.45, 7) is 2.27. The van der Waals surface area contributed by atoms with Gasteiger partial charge in [0.05, 0.1) is 0 Å². The third-order valence-electron chi connectivity index (χ3n) is 4.54. The molecule has 0 radical (unpaired) electrons. The summed E-state index contributed by atoms with van der Waals surface area (Å²) in [6, 6.07) is 8.37. The molecule has 0 bridgehead atoms. The van der Waals surface area contributed by atoms with Crippen molar-refractivity contribution < 1.29 is 4.79 Å². The van der Waals surface area contributed by atoms with Crippen LogP contribution in [0, 0.1) is 0 Å². The maximum absolute atomic E-state index is 11.2. The molecule has 3 nitrogen and oxygen atoms in total. The van der Waals surface area contributed by atoms with Crippen LogP contribution in [0.15, 0.2) is 30.3 Å². The SMILES string of the molecule is C[C@@]12CCCC[C@@H]1c1ccccc1/C(=C\C(N)=O)N2. The highest BCUT2D eigenvalue weighted by molar-refractivity contribution is 5.94. The van der Waals surface area contributed by atoms with Gasteiger partial charge in [0.2, 0.25) is 5.91 Å². The number of carbonyl (C=O) groups excluding carboxylic acids is 1. The van der Waals surface area contributed by atoms with Crippen LogP contribution >= 0.6 is 0 Å². The van der Waals surface area contributed by atoms with Gasteiger partial charge in [-0.3, -0.25) is 4.79 Å². The molecule has 3 N–H and O–H groups in total. The van der Waals surface area contributed by atoms with Crippen molar-refractivity contribution >= 4 is 11.6 Å². The van der Waals surface area contributed by atoms with Gasteiger partial charge < -0.3 is 11.1 Å². The number of amides is 1. The second-order valence-electron chi connectivity index (χ2n) is 5.89. The van der Waals surface area contributed by atoms with Crippen molar-refractivity contribution in [3.05, 3.63) is 41.5 Å². The summed E-state index contributed by atoms with van der Waals surface area (Å²) in [5.41, 5.74) is 8.75. The highest BCUT2D eigenvalue weighted by atomic mass is 16.1. The van der Waals surface area contributed by atoms with Gasteiger partial charge in [-0.15, -0.1) is 0 Å². The average Bonchev–Trinajstić information content (AvgIpc) is 2.37. The highest BCUT2D eigenvalue weighted by Crippen LogP contribution is 2.47. The minimum atomic E-state index is -0.393. The first kappa shape index (κ1) is 12.3. The Morgan fingerprint density at radius 3 is 3.00 bits per heavy atom. The number of fused-ring (bicyclic) bond motifs is 3. The first-order valence-corrected chi connectivity index (χ1v) is 6.99. The van der Waals surface area contributed by atoms with Crippen molar-refractivity contribution in [3.8, 4) is 0 Å². The maximum Gasteiger partial charge on any atom is 0.243 e. The minimum absolute atomic E-state index is 0.0495. The third kappa shape index (κ3) is 2.03. The lowest BCUT2D eigenvalue weighted by Gasteiger charge is -2.48. The van der Waals surface area contributed by atoms with Crippen LogP contribution in [-0.2, 0) is 4.79 Å². The Morgan fingerprint density at radius 2 is 2.21 bits per heavy atom. The molecule has 2 atom stereocenters. The zero-order chi connectivity index (χ0) is 13.5. The smallest absolute Gasteiger partial charge is 0.243 e. The van der Waals surface area contributed by atoms with E-state index in [-0.39, 0.29) is 5.54 Å². The Bertz CT molecular complexity index is 549. The molecule has 1 aliphatic heterocycles. The Kier molecular flexibility index (Phi) is 2.85. The van der Waals surface area contributed by atoms with E-state index in [1.165, 1.54) is 30.9 Å². The lowest BCUT2D eigenvalue weighted by molar-refractivity contribution is -0.113. The standard InChI is InChI=1S/C16H20N2O/c1-16-9-5-4-8-13(16)11-6-2-3-7-12(11)14(18-16)10-15(17)19/h2-3,6-7,10,13,18H,4-5,8-9H2,1H3,(H2,17,19)/b14-10+/t13-,16-/m1/s1. The van der Waals surface area contributed by atoms with Crippen LogP contribution in [0.5, 0.6) is 0 Å². The zero-order valence-corrected chi connectivity index (χ0v) is 11.3. The average molecular weight is 256 g/mol. The number of nitrogens with one attached hydrogen (secondary N) is 1. The molecule has 2 aliphatic rings. The molecule has 1 amide bonds. The van der Waals surface area contributed by atoms with Crippen molar-refractivity contribution in [1.82, 2.24) is 5.32 Å². The van der Waals surface area contributed by atoms with Gasteiger partial charge in [0, 0.05) is 28.8 Å². The molecule has 0 spiro atoms. The van der Waals surface area contributed by atoms with Gasteiger partial charge in [-0.05, 0) is 25.3 Å². The first-order valence-electron chi connectivity index (χ1n) is 6.99. The molecule has 100 valence electrons. The number of carbonyl (C=O) groups is 1. The van der Waals surface area contributed by atoms with Gasteiger partial charge in [0.25, 0.3) is 0 Å². The van der Waals surface area contributed by atoms with E-state index in [9.17, 15) is 4.79 Å². The van der Waals surface area contributed by atoms with Gasteiger partial charge in [-0.25, -0.2) is 0 Å². The quantitative estimate of drug-likeness (QED) is 0.759. The summed E-state index contributed by atoms with van der Waals surface area (Å²) in [6.07, 6.45) is 6.40. The van der Waals surface area contributed by atoms with Crippen molar-refractivity contribution in [2.45, 2.75) is 44.1 Å². The normalized spacial score (nSPS) is 31.2. The highest BCUT2D eigenvalue weighted by Gasteiger charge is 2.42. The van der Waals surface area contributed by atoms with Crippen molar-refractivity contribution in [2.75, 3.05) is 0 Å². The Balaban J connectivity index is 2.14. The van der Waals surface area contributed by atoms with E-state index < -0.39 is 5.91 Å². The fraction of sp³-hybridized carbons (Fsp3) is 0.438. The lowest BCUT2D eigenvalue weighted by atomic mass is 9.67. The van der Waals surface area contributed by atoms with Crippen LogP contribution in [0.4, 0.5) is 0 Å². The number of primary amides is 1.